The summed E-state index contributed by atoms with van der Waals surface area (Å²) in [6.07, 6.45) is 0.196. The molecule has 6 nitrogen and oxygen atoms in total. The largest absolute Gasteiger partial charge is 0.454 e. The number of carbonyl (C=O) groups is 2. The summed E-state index contributed by atoms with van der Waals surface area (Å²) in [7, 11) is 0. The number of nitrogens with zero attached hydrogens (tertiary/aromatic N) is 1. The molecule has 1 fully saturated rings. The number of carbonyl (C=O) groups excluding carboxylic acids is 2. The average molecular weight is 365 g/mol. The van der Waals surface area contributed by atoms with Crippen LogP contribution in [0.1, 0.15) is 34.5 Å². The van der Waals surface area contributed by atoms with Crippen molar-refractivity contribution in [3.05, 3.63) is 59.2 Å². The van der Waals surface area contributed by atoms with Crippen molar-refractivity contribution in [2.75, 3.05) is 36.4 Å². The van der Waals surface area contributed by atoms with Gasteiger partial charge in [-0.2, -0.15) is 0 Å². The van der Waals surface area contributed by atoms with Gasteiger partial charge in [0.25, 0.3) is 0 Å². The van der Waals surface area contributed by atoms with E-state index in [1.165, 1.54) is 6.92 Å². The van der Waals surface area contributed by atoms with E-state index in [-0.39, 0.29) is 18.0 Å². The minimum absolute atomic E-state index is 0.119. The van der Waals surface area contributed by atoms with Crippen molar-refractivity contribution >= 4 is 23.3 Å². The minimum Gasteiger partial charge on any atom is -0.454 e. The summed E-state index contributed by atoms with van der Waals surface area (Å²) >= 11 is 0. The van der Waals surface area contributed by atoms with Crippen LogP contribution in [0.15, 0.2) is 42.5 Å². The first-order valence-electron chi connectivity index (χ1n) is 9.28. The van der Waals surface area contributed by atoms with E-state index in [0.717, 1.165) is 48.7 Å². The van der Waals surface area contributed by atoms with Crippen LogP contribution >= 0.6 is 0 Å². The van der Waals surface area contributed by atoms with Gasteiger partial charge in [-0.25, -0.2) is 4.79 Å². The number of para-hydroxylation sites is 1. The first-order valence-corrected chi connectivity index (χ1v) is 9.28. The summed E-state index contributed by atoms with van der Waals surface area (Å²) in [4.78, 5) is 26.2. The first-order chi connectivity index (χ1) is 13.1. The lowest BCUT2D eigenvalue weighted by Gasteiger charge is -2.29. The number of hydrogen-bond donors (Lipinski definition) is 2. The average Bonchev–Trinajstić information content (AvgIpc) is 2.99. The van der Waals surface area contributed by atoms with Gasteiger partial charge in [-0.15, -0.1) is 0 Å². The Morgan fingerprint density at radius 2 is 2.00 bits per heavy atom. The number of hydrogen-bond acceptors (Lipinski definition) is 5. The molecule has 1 saturated heterocycles. The third kappa shape index (κ3) is 3.66. The lowest BCUT2D eigenvalue weighted by Crippen LogP contribution is -2.43. The SMILES string of the molecule is CC(=O)Nc1ccccc1CC1OC(=O)c2cc(N3CCNCC3)ccc21. The van der Waals surface area contributed by atoms with Crippen molar-refractivity contribution in [2.45, 2.75) is 19.4 Å². The standard InChI is InChI=1S/C21H23N3O3/c1-14(25)23-19-5-3-2-4-15(19)12-20-17-7-6-16(13-18(17)21(26)27-20)24-10-8-22-9-11-24/h2-7,13,20,22H,8-12H2,1H3,(H,23,25). The fourth-order valence-electron chi connectivity index (χ4n) is 3.74. The molecule has 0 spiro atoms. The van der Waals surface area contributed by atoms with E-state index in [1.807, 2.05) is 36.4 Å². The molecule has 2 N–H and O–H groups in total. The molecule has 0 aromatic heterocycles. The Morgan fingerprint density at radius 3 is 2.78 bits per heavy atom. The van der Waals surface area contributed by atoms with Gasteiger partial charge in [0.1, 0.15) is 6.10 Å². The van der Waals surface area contributed by atoms with Gasteiger partial charge in [0, 0.05) is 56.5 Å². The molecule has 2 aliphatic heterocycles. The van der Waals surface area contributed by atoms with Crippen molar-refractivity contribution in [2.24, 2.45) is 0 Å². The zero-order valence-electron chi connectivity index (χ0n) is 15.3. The molecule has 2 aromatic carbocycles. The van der Waals surface area contributed by atoms with Crippen LogP contribution in [-0.4, -0.2) is 38.1 Å². The van der Waals surface area contributed by atoms with Crippen LogP contribution in [-0.2, 0) is 16.0 Å². The monoisotopic (exact) mass is 365 g/mol. The van der Waals surface area contributed by atoms with E-state index < -0.39 is 0 Å². The summed E-state index contributed by atoms with van der Waals surface area (Å²) in [5.74, 6) is -0.393. The Hall–Kier alpha value is -2.86. The Bertz CT molecular complexity index is 875. The Morgan fingerprint density at radius 1 is 1.22 bits per heavy atom. The van der Waals surface area contributed by atoms with Crippen LogP contribution < -0.4 is 15.5 Å². The van der Waals surface area contributed by atoms with Crippen molar-refractivity contribution in [1.82, 2.24) is 5.32 Å². The number of nitrogens with one attached hydrogen (secondary N) is 2. The summed E-state index contributed by atoms with van der Waals surface area (Å²) < 4.78 is 5.66. The van der Waals surface area contributed by atoms with Crippen LogP contribution in [0, 0.1) is 0 Å². The molecule has 1 atom stereocenters. The lowest BCUT2D eigenvalue weighted by atomic mass is 9.97. The van der Waals surface area contributed by atoms with Crippen molar-refractivity contribution in [1.29, 1.82) is 0 Å². The summed E-state index contributed by atoms with van der Waals surface area (Å²) in [6.45, 7) is 5.25. The van der Waals surface area contributed by atoms with Crippen LogP contribution in [0.5, 0.6) is 0 Å². The number of piperazine rings is 1. The second-order valence-electron chi connectivity index (χ2n) is 6.95. The zero-order chi connectivity index (χ0) is 18.8. The summed E-state index contributed by atoms with van der Waals surface area (Å²) in [6, 6.07) is 13.6. The maximum absolute atomic E-state index is 12.4. The number of esters is 1. The molecule has 0 bridgehead atoms. The summed E-state index contributed by atoms with van der Waals surface area (Å²) in [5.41, 5.74) is 4.33. The van der Waals surface area contributed by atoms with Gasteiger partial charge in [-0.3, -0.25) is 4.79 Å². The van der Waals surface area contributed by atoms with Gasteiger partial charge in [-0.1, -0.05) is 24.3 Å². The van der Waals surface area contributed by atoms with Crippen molar-refractivity contribution in [3.63, 3.8) is 0 Å². The second kappa shape index (κ2) is 7.40. The molecule has 2 aliphatic rings. The molecule has 4 rings (SSSR count). The predicted molar refractivity (Wildman–Crippen MR) is 104 cm³/mol. The lowest BCUT2D eigenvalue weighted by molar-refractivity contribution is -0.114. The van der Waals surface area contributed by atoms with Gasteiger partial charge in [-0.05, 0) is 23.8 Å². The third-order valence-corrected chi connectivity index (χ3v) is 5.07. The molecule has 2 heterocycles. The van der Waals surface area contributed by atoms with Crippen LogP contribution in [0.4, 0.5) is 11.4 Å². The minimum atomic E-state index is -0.334. The van der Waals surface area contributed by atoms with Gasteiger partial charge in [0.2, 0.25) is 5.91 Å². The fraction of sp³-hybridized carbons (Fsp3) is 0.333. The van der Waals surface area contributed by atoms with Crippen LogP contribution in [0.25, 0.3) is 0 Å². The van der Waals surface area contributed by atoms with Crippen LogP contribution in [0.3, 0.4) is 0 Å². The molecule has 1 unspecified atom stereocenters. The van der Waals surface area contributed by atoms with E-state index in [2.05, 4.69) is 21.6 Å². The van der Waals surface area contributed by atoms with E-state index in [4.69, 9.17) is 4.74 Å². The van der Waals surface area contributed by atoms with Gasteiger partial charge < -0.3 is 20.3 Å². The number of amides is 1. The van der Waals surface area contributed by atoms with Crippen molar-refractivity contribution in [3.8, 4) is 0 Å². The molecule has 0 saturated carbocycles. The highest BCUT2D eigenvalue weighted by atomic mass is 16.5. The van der Waals surface area contributed by atoms with E-state index in [1.54, 1.807) is 0 Å². The molecule has 2 aromatic rings. The highest BCUT2D eigenvalue weighted by Gasteiger charge is 2.32. The predicted octanol–water partition coefficient (Wildman–Crippen LogP) is 2.51. The molecular formula is C21H23N3O3. The van der Waals surface area contributed by atoms with Gasteiger partial charge >= 0.3 is 5.97 Å². The molecular weight excluding hydrogens is 342 g/mol. The topological polar surface area (TPSA) is 70.7 Å². The van der Waals surface area contributed by atoms with Gasteiger partial charge in [0.05, 0.1) is 5.56 Å². The normalized spacial score (nSPS) is 18.8. The number of anilines is 2. The van der Waals surface area contributed by atoms with Gasteiger partial charge in [0.15, 0.2) is 0 Å². The molecule has 1 amide bonds. The number of cyclic esters (lactones) is 1. The maximum atomic E-state index is 12.4. The van der Waals surface area contributed by atoms with E-state index in [9.17, 15) is 9.59 Å². The highest BCUT2D eigenvalue weighted by molar-refractivity contribution is 5.95. The fourth-order valence-corrected chi connectivity index (χ4v) is 3.74. The summed E-state index contributed by atoms with van der Waals surface area (Å²) in [5, 5.41) is 6.18. The Kier molecular flexibility index (Phi) is 4.81. The highest BCUT2D eigenvalue weighted by Crippen LogP contribution is 2.36. The Balaban J connectivity index is 1.58. The zero-order valence-corrected chi connectivity index (χ0v) is 15.3. The molecule has 0 radical (unpaired) electrons. The smallest absolute Gasteiger partial charge is 0.339 e. The van der Waals surface area contributed by atoms with E-state index >= 15 is 0 Å². The number of ether oxygens (including phenoxy) is 1. The maximum Gasteiger partial charge on any atom is 0.339 e. The van der Waals surface area contributed by atoms with E-state index in [0.29, 0.717) is 12.0 Å². The van der Waals surface area contributed by atoms with Crippen LogP contribution in [0.2, 0.25) is 0 Å². The number of rotatable bonds is 4. The quantitative estimate of drug-likeness (QED) is 0.815. The number of fused-ring (bicyclic) bond motifs is 1. The second-order valence-corrected chi connectivity index (χ2v) is 6.95. The number of benzene rings is 2. The molecule has 0 aliphatic carbocycles. The Labute approximate surface area is 158 Å². The first kappa shape index (κ1) is 17.5. The molecule has 6 heteroatoms. The molecule has 140 valence electrons. The molecule has 27 heavy (non-hydrogen) atoms. The third-order valence-electron chi connectivity index (χ3n) is 5.07. The van der Waals surface area contributed by atoms with Crippen molar-refractivity contribution < 1.29 is 14.3 Å².